The Balaban J connectivity index is 2.07. The van der Waals surface area contributed by atoms with E-state index in [1.807, 2.05) is 51.1 Å². The number of nitrogens with one attached hydrogen (secondary N) is 1. The number of esters is 1. The van der Waals surface area contributed by atoms with Crippen molar-refractivity contribution in [3.63, 3.8) is 0 Å². The van der Waals surface area contributed by atoms with Crippen LogP contribution in [-0.4, -0.2) is 41.9 Å². The third kappa shape index (κ3) is 6.23. The Labute approximate surface area is 165 Å². The van der Waals surface area contributed by atoms with Gasteiger partial charge in [-0.1, -0.05) is 42.5 Å². The standard InChI is InChI=1S/C22H26N2O4/c1-22(2,3)23-19(25)15-28-21(27)18-13-9-8-12-17(18)20(26)24(4)14-16-10-6-5-7-11-16/h5-13H,14-15H2,1-4H3,(H,23,25). The molecule has 1 N–H and O–H groups in total. The molecule has 2 aromatic carbocycles. The summed E-state index contributed by atoms with van der Waals surface area (Å²) in [6.45, 7) is 5.52. The fourth-order valence-electron chi connectivity index (χ4n) is 2.65. The molecule has 0 unspecified atom stereocenters. The van der Waals surface area contributed by atoms with Gasteiger partial charge in [-0.25, -0.2) is 4.79 Å². The Morgan fingerprint density at radius 1 is 0.929 bits per heavy atom. The molecule has 0 spiro atoms. The quantitative estimate of drug-likeness (QED) is 0.779. The van der Waals surface area contributed by atoms with Crippen LogP contribution >= 0.6 is 0 Å². The molecule has 28 heavy (non-hydrogen) atoms. The Bertz CT molecular complexity index is 841. The number of benzene rings is 2. The molecule has 0 saturated carbocycles. The molecule has 0 aliphatic heterocycles. The molecule has 2 amide bonds. The molecule has 2 rings (SSSR count). The molecule has 0 bridgehead atoms. The normalized spacial score (nSPS) is 10.9. The first-order valence-corrected chi connectivity index (χ1v) is 9.04. The summed E-state index contributed by atoms with van der Waals surface area (Å²) in [5, 5.41) is 2.72. The number of ether oxygens (including phenoxy) is 1. The summed E-state index contributed by atoms with van der Waals surface area (Å²) in [6.07, 6.45) is 0. The van der Waals surface area contributed by atoms with Crippen molar-refractivity contribution in [2.24, 2.45) is 0 Å². The van der Waals surface area contributed by atoms with Crippen molar-refractivity contribution >= 4 is 17.8 Å². The lowest BCUT2D eigenvalue weighted by Crippen LogP contribution is -2.42. The van der Waals surface area contributed by atoms with Gasteiger partial charge >= 0.3 is 5.97 Å². The highest BCUT2D eigenvalue weighted by Gasteiger charge is 2.22. The van der Waals surface area contributed by atoms with Crippen molar-refractivity contribution in [2.75, 3.05) is 13.7 Å². The van der Waals surface area contributed by atoms with Crippen molar-refractivity contribution in [3.8, 4) is 0 Å². The summed E-state index contributed by atoms with van der Waals surface area (Å²) < 4.78 is 5.10. The van der Waals surface area contributed by atoms with E-state index >= 15 is 0 Å². The minimum atomic E-state index is -0.707. The molecule has 0 fully saturated rings. The number of hydrogen-bond acceptors (Lipinski definition) is 4. The van der Waals surface area contributed by atoms with Crippen molar-refractivity contribution in [2.45, 2.75) is 32.9 Å². The van der Waals surface area contributed by atoms with Crippen molar-refractivity contribution in [3.05, 3.63) is 71.3 Å². The predicted octanol–water partition coefficient (Wildman–Crippen LogP) is 3.03. The largest absolute Gasteiger partial charge is 0.452 e. The smallest absolute Gasteiger partial charge is 0.339 e. The maximum Gasteiger partial charge on any atom is 0.339 e. The topological polar surface area (TPSA) is 75.7 Å². The van der Waals surface area contributed by atoms with E-state index in [0.717, 1.165) is 5.56 Å². The molecule has 2 aromatic rings. The zero-order valence-electron chi connectivity index (χ0n) is 16.7. The summed E-state index contributed by atoms with van der Waals surface area (Å²) in [5.41, 5.74) is 0.938. The van der Waals surface area contributed by atoms with Gasteiger partial charge < -0.3 is 15.0 Å². The Kier molecular flexibility index (Phi) is 6.93. The minimum Gasteiger partial charge on any atom is -0.452 e. The van der Waals surface area contributed by atoms with Gasteiger partial charge in [-0.05, 0) is 38.5 Å². The van der Waals surface area contributed by atoms with E-state index in [4.69, 9.17) is 4.74 Å². The number of nitrogens with zero attached hydrogens (tertiary/aromatic N) is 1. The molecule has 0 aliphatic carbocycles. The molecule has 0 atom stereocenters. The second-order valence-electron chi connectivity index (χ2n) is 7.57. The molecule has 6 heteroatoms. The predicted molar refractivity (Wildman–Crippen MR) is 107 cm³/mol. The zero-order valence-corrected chi connectivity index (χ0v) is 16.7. The number of carbonyl (C=O) groups excluding carboxylic acids is 3. The molecular weight excluding hydrogens is 356 g/mol. The Morgan fingerprint density at radius 2 is 1.50 bits per heavy atom. The van der Waals surface area contributed by atoms with Crippen LogP contribution in [0.15, 0.2) is 54.6 Å². The van der Waals surface area contributed by atoms with Gasteiger partial charge in [0.1, 0.15) is 0 Å². The highest BCUT2D eigenvalue weighted by atomic mass is 16.5. The van der Waals surface area contributed by atoms with Crippen LogP contribution in [0.25, 0.3) is 0 Å². The first-order valence-electron chi connectivity index (χ1n) is 9.04. The number of carbonyl (C=O) groups is 3. The number of rotatable bonds is 6. The van der Waals surface area contributed by atoms with Gasteiger partial charge in [0.05, 0.1) is 11.1 Å². The van der Waals surface area contributed by atoms with E-state index in [-0.39, 0.29) is 17.0 Å². The maximum absolute atomic E-state index is 12.8. The summed E-state index contributed by atoms with van der Waals surface area (Å²) in [6, 6.07) is 16.0. The van der Waals surface area contributed by atoms with E-state index in [9.17, 15) is 14.4 Å². The van der Waals surface area contributed by atoms with Gasteiger partial charge in [-0.2, -0.15) is 0 Å². The van der Waals surface area contributed by atoms with E-state index < -0.39 is 24.0 Å². The Morgan fingerprint density at radius 3 is 2.11 bits per heavy atom. The van der Waals surface area contributed by atoms with E-state index in [0.29, 0.717) is 6.54 Å². The van der Waals surface area contributed by atoms with Gasteiger partial charge in [0.25, 0.3) is 11.8 Å². The second-order valence-corrected chi connectivity index (χ2v) is 7.57. The van der Waals surface area contributed by atoms with Crippen LogP contribution in [0.1, 0.15) is 47.1 Å². The monoisotopic (exact) mass is 382 g/mol. The number of hydrogen-bond donors (Lipinski definition) is 1. The summed E-state index contributed by atoms with van der Waals surface area (Å²) in [5.74, 6) is -1.40. The van der Waals surface area contributed by atoms with Gasteiger partial charge in [0.2, 0.25) is 0 Å². The second kappa shape index (κ2) is 9.17. The minimum absolute atomic E-state index is 0.135. The lowest BCUT2D eigenvalue weighted by atomic mass is 10.1. The molecule has 0 aliphatic rings. The van der Waals surface area contributed by atoms with Crippen molar-refractivity contribution in [1.82, 2.24) is 10.2 Å². The first kappa shape index (κ1) is 21.2. The average molecular weight is 382 g/mol. The van der Waals surface area contributed by atoms with Crippen LogP contribution in [0.2, 0.25) is 0 Å². The SMILES string of the molecule is CN(Cc1ccccc1)C(=O)c1ccccc1C(=O)OCC(=O)NC(C)(C)C. The van der Waals surface area contributed by atoms with Crippen LogP contribution in [-0.2, 0) is 16.1 Å². The van der Waals surface area contributed by atoms with Crippen LogP contribution in [0.5, 0.6) is 0 Å². The maximum atomic E-state index is 12.8. The zero-order chi connectivity index (χ0) is 20.7. The highest BCUT2D eigenvalue weighted by Crippen LogP contribution is 2.14. The summed E-state index contributed by atoms with van der Waals surface area (Å²) in [7, 11) is 1.67. The third-order valence-electron chi connectivity index (χ3n) is 3.84. The lowest BCUT2D eigenvalue weighted by Gasteiger charge is -2.21. The molecule has 0 heterocycles. The fraction of sp³-hybridized carbons (Fsp3) is 0.318. The fourth-order valence-corrected chi connectivity index (χ4v) is 2.65. The van der Waals surface area contributed by atoms with Gasteiger partial charge in [0.15, 0.2) is 6.61 Å². The highest BCUT2D eigenvalue weighted by molar-refractivity contribution is 6.05. The van der Waals surface area contributed by atoms with Crippen LogP contribution in [0.4, 0.5) is 0 Å². The third-order valence-corrected chi connectivity index (χ3v) is 3.84. The van der Waals surface area contributed by atoms with E-state index in [1.165, 1.54) is 11.0 Å². The van der Waals surface area contributed by atoms with Gasteiger partial charge in [-0.15, -0.1) is 0 Å². The van der Waals surface area contributed by atoms with Crippen LogP contribution in [0, 0.1) is 0 Å². The van der Waals surface area contributed by atoms with Crippen LogP contribution < -0.4 is 5.32 Å². The van der Waals surface area contributed by atoms with Crippen molar-refractivity contribution < 1.29 is 19.1 Å². The van der Waals surface area contributed by atoms with Gasteiger partial charge in [0, 0.05) is 19.1 Å². The van der Waals surface area contributed by atoms with E-state index in [1.54, 1.807) is 25.2 Å². The lowest BCUT2D eigenvalue weighted by molar-refractivity contribution is -0.125. The molecule has 6 nitrogen and oxygen atoms in total. The van der Waals surface area contributed by atoms with Crippen molar-refractivity contribution in [1.29, 1.82) is 0 Å². The first-order chi connectivity index (χ1) is 13.2. The molecule has 0 saturated heterocycles. The molecule has 148 valence electrons. The van der Waals surface area contributed by atoms with Gasteiger partial charge in [-0.3, -0.25) is 9.59 Å². The summed E-state index contributed by atoms with van der Waals surface area (Å²) >= 11 is 0. The average Bonchev–Trinajstić information content (AvgIpc) is 2.65. The van der Waals surface area contributed by atoms with Crippen LogP contribution in [0.3, 0.4) is 0 Å². The molecule has 0 aromatic heterocycles. The Hall–Kier alpha value is -3.15. The summed E-state index contributed by atoms with van der Waals surface area (Å²) in [4.78, 5) is 38.7. The number of amides is 2. The molecule has 0 radical (unpaired) electrons. The van der Waals surface area contributed by atoms with E-state index in [2.05, 4.69) is 5.32 Å². The molecular formula is C22H26N2O4.